The maximum Gasteiger partial charge on any atom is 0.158 e. The van der Waals surface area contributed by atoms with Gasteiger partial charge in [-0.25, -0.2) is 0 Å². The molecule has 2 N–H and O–H groups in total. The lowest BCUT2D eigenvalue weighted by Gasteiger charge is -2.34. The SMILES string of the molecule is NC(C(=O)CC1C=CC=C1)(C1=CC=CC1)C1C=CC=C1. The molecule has 3 rings (SSSR count). The van der Waals surface area contributed by atoms with Crippen molar-refractivity contribution in [2.24, 2.45) is 17.6 Å². The van der Waals surface area contributed by atoms with Gasteiger partial charge < -0.3 is 5.73 Å². The summed E-state index contributed by atoms with van der Waals surface area (Å²) in [6, 6.07) is 0. The van der Waals surface area contributed by atoms with Gasteiger partial charge in [0.25, 0.3) is 0 Å². The van der Waals surface area contributed by atoms with Crippen LogP contribution in [-0.2, 0) is 4.79 Å². The van der Waals surface area contributed by atoms with Crippen molar-refractivity contribution in [3.05, 3.63) is 72.4 Å². The number of hydrogen-bond acceptors (Lipinski definition) is 2. The molecule has 3 aliphatic carbocycles. The van der Waals surface area contributed by atoms with E-state index in [1.807, 2.05) is 48.6 Å². The first-order valence-corrected chi connectivity index (χ1v) is 7.09. The van der Waals surface area contributed by atoms with Crippen LogP contribution in [0.4, 0.5) is 0 Å². The molecule has 20 heavy (non-hydrogen) atoms. The normalized spacial score (nSPS) is 23.8. The highest BCUT2D eigenvalue weighted by Gasteiger charge is 2.43. The fraction of sp³-hybridized carbons (Fsp3) is 0.278. The van der Waals surface area contributed by atoms with Crippen molar-refractivity contribution in [1.29, 1.82) is 0 Å². The van der Waals surface area contributed by atoms with Crippen LogP contribution in [0.5, 0.6) is 0 Å². The standard InChI is InChI=1S/C18H19NO/c19-18(15-9-3-4-10-15,16-11-5-6-12-16)17(20)13-14-7-1-2-8-14/h1-11,14-15H,12-13,19H2. The number of allylic oxidation sites excluding steroid dienone is 9. The Balaban J connectivity index is 1.86. The van der Waals surface area contributed by atoms with Crippen molar-refractivity contribution in [2.45, 2.75) is 18.4 Å². The topological polar surface area (TPSA) is 43.1 Å². The number of ketones is 1. The van der Waals surface area contributed by atoms with Crippen LogP contribution >= 0.6 is 0 Å². The van der Waals surface area contributed by atoms with Crippen LogP contribution in [0.2, 0.25) is 0 Å². The quantitative estimate of drug-likeness (QED) is 0.830. The summed E-state index contributed by atoms with van der Waals surface area (Å²) in [6.45, 7) is 0. The van der Waals surface area contributed by atoms with E-state index < -0.39 is 5.54 Å². The Morgan fingerprint density at radius 2 is 1.75 bits per heavy atom. The molecule has 0 fully saturated rings. The van der Waals surface area contributed by atoms with Gasteiger partial charge in [-0.15, -0.1) is 0 Å². The van der Waals surface area contributed by atoms with Gasteiger partial charge in [-0.1, -0.05) is 66.8 Å². The molecule has 2 heteroatoms. The van der Waals surface area contributed by atoms with Crippen molar-refractivity contribution in [1.82, 2.24) is 0 Å². The van der Waals surface area contributed by atoms with E-state index in [0.717, 1.165) is 12.0 Å². The van der Waals surface area contributed by atoms with Crippen LogP contribution in [0.3, 0.4) is 0 Å². The first-order chi connectivity index (χ1) is 9.71. The van der Waals surface area contributed by atoms with Gasteiger partial charge in [0.15, 0.2) is 5.78 Å². The predicted molar refractivity (Wildman–Crippen MR) is 81.9 cm³/mol. The summed E-state index contributed by atoms with van der Waals surface area (Å²) in [5, 5.41) is 0. The van der Waals surface area contributed by atoms with Crippen LogP contribution in [0, 0.1) is 11.8 Å². The number of Topliss-reactive ketones (excluding diaryl/α,β-unsaturated/α-hetero) is 1. The van der Waals surface area contributed by atoms with Crippen molar-refractivity contribution < 1.29 is 4.79 Å². The number of carbonyl (C=O) groups excluding carboxylic acids is 1. The molecule has 0 aromatic carbocycles. The van der Waals surface area contributed by atoms with E-state index >= 15 is 0 Å². The summed E-state index contributed by atoms with van der Waals surface area (Å²) in [5.41, 5.74) is 6.74. The molecular formula is C18H19NO. The molecule has 1 unspecified atom stereocenters. The van der Waals surface area contributed by atoms with E-state index in [1.165, 1.54) is 0 Å². The first kappa shape index (κ1) is 13.1. The highest BCUT2D eigenvalue weighted by molar-refractivity contribution is 5.93. The first-order valence-electron chi connectivity index (χ1n) is 7.09. The third kappa shape index (κ3) is 2.16. The van der Waals surface area contributed by atoms with Crippen LogP contribution in [0.15, 0.2) is 72.4 Å². The van der Waals surface area contributed by atoms with Crippen molar-refractivity contribution >= 4 is 5.78 Å². The molecule has 102 valence electrons. The Kier molecular flexibility index (Phi) is 3.41. The highest BCUT2D eigenvalue weighted by Crippen LogP contribution is 2.35. The molecule has 3 aliphatic rings. The van der Waals surface area contributed by atoms with Gasteiger partial charge in [-0.3, -0.25) is 4.79 Å². The average molecular weight is 265 g/mol. The molecule has 0 saturated heterocycles. The lowest BCUT2D eigenvalue weighted by molar-refractivity contribution is -0.124. The maximum absolute atomic E-state index is 12.9. The summed E-state index contributed by atoms with van der Waals surface area (Å²) in [5.74, 6) is 0.278. The molecule has 0 heterocycles. The van der Waals surface area contributed by atoms with Gasteiger partial charge in [-0.2, -0.15) is 0 Å². The zero-order chi connectivity index (χ0) is 14.0. The third-order valence-corrected chi connectivity index (χ3v) is 4.29. The van der Waals surface area contributed by atoms with Crippen molar-refractivity contribution in [2.75, 3.05) is 0 Å². The average Bonchev–Trinajstić information content (AvgIpc) is 3.19. The van der Waals surface area contributed by atoms with Gasteiger partial charge in [0.1, 0.15) is 5.54 Å². The molecule has 0 radical (unpaired) electrons. The van der Waals surface area contributed by atoms with E-state index in [0.29, 0.717) is 6.42 Å². The predicted octanol–water partition coefficient (Wildman–Crippen LogP) is 3.01. The summed E-state index contributed by atoms with van der Waals surface area (Å²) in [6.07, 6.45) is 23.4. The minimum atomic E-state index is -0.905. The van der Waals surface area contributed by atoms with Crippen molar-refractivity contribution in [3.63, 3.8) is 0 Å². The van der Waals surface area contributed by atoms with Gasteiger partial charge in [-0.05, 0) is 12.0 Å². The summed E-state index contributed by atoms with van der Waals surface area (Å²) in [4.78, 5) is 12.9. The van der Waals surface area contributed by atoms with Crippen LogP contribution in [0.25, 0.3) is 0 Å². The van der Waals surface area contributed by atoms with E-state index in [9.17, 15) is 4.79 Å². The molecule has 1 atom stereocenters. The van der Waals surface area contributed by atoms with E-state index in [2.05, 4.69) is 18.2 Å². The van der Waals surface area contributed by atoms with Crippen LogP contribution < -0.4 is 5.73 Å². The van der Waals surface area contributed by atoms with Crippen LogP contribution in [-0.4, -0.2) is 11.3 Å². The highest BCUT2D eigenvalue weighted by atomic mass is 16.1. The summed E-state index contributed by atoms with van der Waals surface area (Å²) < 4.78 is 0. The Morgan fingerprint density at radius 1 is 1.10 bits per heavy atom. The smallest absolute Gasteiger partial charge is 0.158 e. The summed E-state index contributed by atoms with van der Waals surface area (Å²) >= 11 is 0. The number of hydrogen-bond donors (Lipinski definition) is 1. The van der Waals surface area contributed by atoms with Crippen molar-refractivity contribution in [3.8, 4) is 0 Å². The lowest BCUT2D eigenvalue weighted by Crippen LogP contribution is -2.54. The lowest BCUT2D eigenvalue weighted by atomic mass is 9.73. The van der Waals surface area contributed by atoms with Gasteiger partial charge in [0.2, 0.25) is 0 Å². The Bertz CT molecular complexity index is 565. The van der Waals surface area contributed by atoms with Crippen LogP contribution in [0.1, 0.15) is 12.8 Å². The third-order valence-electron chi connectivity index (χ3n) is 4.29. The maximum atomic E-state index is 12.9. The fourth-order valence-corrected chi connectivity index (χ4v) is 3.07. The molecule has 0 aromatic heterocycles. The second-order valence-corrected chi connectivity index (χ2v) is 5.55. The second kappa shape index (κ2) is 5.22. The minimum absolute atomic E-state index is 0.0319. The zero-order valence-electron chi connectivity index (χ0n) is 11.4. The number of nitrogens with two attached hydrogens (primary N) is 1. The molecule has 0 bridgehead atoms. The van der Waals surface area contributed by atoms with E-state index in [-0.39, 0.29) is 17.6 Å². The minimum Gasteiger partial charge on any atom is -0.315 e. The van der Waals surface area contributed by atoms with Gasteiger partial charge in [0.05, 0.1) is 0 Å². The molecule has 0 spiro atoms. The zero-order valence-corrected chi connectivity index (χ0v) is 11.4. The number of carbonyl (C=O) groups is 1. The van der Waals surface area contributed by atoms with Gasteiger partial charge >= 0.3 is 0 Å². The Morgan fingerprint density at radius 3 is 2.35 bits per heavy atom. The summed E-state index contributed by atoms with van der Waals surface area (Å²) in [7, 11) is 0. The van der Waals surface area contributed by atoms with E-state index in [1.54, 1.807) is 0 Å². The largest absolute Gasteiger partial charge is 0.315 e. The molecule has 2 nitrogen and oxygen atoms in total. The monoisotopic (exact) mass is 265 g/mol. The molecule has 0 saturated carbocycles. The molecular weight excluding hydrogens is 246 g/mol. The van der Waals surface area contributed by atoms with Gasteiger partial charge in [0, 0.05) is 18.3 Å². The number of rotatable bonds is 5. The second-order valence-electron chi connectivity index (χ2n) is 5.55. The molecule has 0 amide bonds. The Hall–Kier alpha value is -1.93. The molecule has 0 aromatic rings. The van der Waals surface area contributed by atoms with E-state index in [4.69, 9.17) is 5.73 Å². The molecule has 0 aliphatic heterocycles. The fourth-order valence-electron chi connectivity index (χ4n) is 3.07. The Labute approximate surface area is 119 Å².